The SMILES string of the molecule is C/C(=C\C(=O)N1CCOCC1)c1c(-c2ccccc2)oc2ccc(Cl)cc12. The highest BCUT2D eigenvalue weighted by atomic mass is 35.5. The first-order valence-electron chi connectivity index (χ1n) is 8.96. The maximum atomic E-state index is 12.7. The monoisotopic (exact) mass is 381 g/mol. The second-order valence-electron chi connectivity index (χ2n) is 6.58. The van der Waals surface area contributed by atoms with E-state index in [1.54, 1.807) is 6.08 Å². The average molecular weight is 382 g/mol. The van der Waals surface area contributed by atoms with Crippen LogP contribution in [0, 0.1) is 0 Å². The Morgan fingerprint density at radius 3 is 2.59 bits per heavy atom. The van der Waals surface area contributed by atoms with Crippen molar-refractivity contribution in [2.75, 3.05) is 26.3 Å². The number of ether oxygens (including phenoxy) is 1. The van der Waals surface area contributed by atoms with Gasteiger partial charge in [-0.1, -0.05) is 41.9 Å². The van der Waals surface area contributed by atoms with Gasteiger partial charge in [0.05, 0.1) is 13.2 Å². The lowest BCUT2D eigenvalue weighted by Gasteiger charge is -2.25. The number of amides is 1. The van der Waals surface area contributed by atoms with Gasteiger partial charge in [0, 0.05) is 40.7 Å². The van der Waals surface area contributed by atoms with Gasteiger partial charge in [-0.05, 0) is 30.7 Å². The number of allylic oxidation sites excluding steroid dienone is 1. The smallest absolute Gasteiger partial charge is 0.247 e. The molecule has 0 aliphatic carbocycles. The molecule has 0 saturated carbocycles. The highest BCUT2D eigenvalue weighted by Gasteiger charge is 2.20. The third-order valence-corrected chi connectivity index (χ3v) is 4.98. The molecule has 5 heteroatoms. The third kappa shape index (κ3) is 3.64. The minimum absolute atomic E-state index is 0.00816. The number of rotatable bonds is 3. The molecule has 1 fully saturated rings. The molecule has 1 aliphatic rings. The number of fused-ring (bicyclic) bond motifs is 1. The third-order valence-electron chi connectivity index (χ3n) is 4.74. The number of morpholine rings is 1. The molecule has 0 spiro atoms. The second kappa shape index (κ2) is 7.59. The first-order valence-corrected chi connectivity index (χ1v) is 9.34. The summed E-state index contributed by atoms with van der Waals surface area (Å²) in [6.07, 6.45) is 1.68. The number of nitrogens with zero attached hydrogens (tertiary/aromatic N) is 1. The Kier molecular flexibility index (Phi) is 5.01. The molecule has 2 heterocycles. The summed E-state index contributed by atoms with van der Waals surface area (Å²) in [6, 6.07) is 15.5. The van der Waals surface area contributed by atoms with Crippen LogP contribution in [-0.4, -0.2) is 37.1 Å². The molecule has 2 aromatic carbocycles. The van der Waals surface area contributed by atoms with E-state index in [1.807, 2.05) is 60.4 Å². The van der Waals surface area contributed by atoms with Gasteiger partial charge >= 0.3 is 0 Å². The Balaban J connectivity index is 1.82. The number of carbonyl (C=O) groups is 1. The Hall–Kier alpha value is -2.56. The van der Waals surface area contributed by atoms with Gasteiger partial charge in [0.25, 0.3) is 0 Å². The topological polar surface area (TPSA) is 42.7 Å². The van der Waals surface area contributed by atoms with Crippen LogP contribution in [0.25, 0.3) is 27.9 Å². The lowest BCUT2D eigenvalue weighted by atomic mass is 9.99. The van der Waals surface area contributed by atoms with Crippen molar-refractivity contribution < 1.29 is 13.9 Å². The lowest BCUT2D eigenvalue weighted by Crippen LogP contribution is -2.39. The van der Waals surface area contributed by atoms with Crippen molar-refractivity contribution in [2.24, 2.45) is 0 Å². The highest BCUT2D eigenvalue weighted by Crippen LogP contribution is 2.39. The Bertz CT molecular complexity index is 1000. The van der Waals surface area contributed by atoms with E-state index in [9.17, 15) is 4.79 Å². The van der Waals surface area contributed by atoms with Crippen molar-refractivity contribution in [1.29, 1.82) is 0 Å². The maximum Gasteiger partial charge on any atom is 0.247 e. The fourth-order valence-electron chi connectivity index (χ4n) is 3.39. The number of benzene rings is 2. The van der Waals surface area contributed by atoms with E-state index in [0.29, 0.717) is 31.3 Å². The van der Waals surface area contributed by atoms with E-state index in [-0.39, 0.29) is 5.91 Å². The lowest BCUT2D eigenvalue weighted by molar-refractivity contribution is -0.129. The summed E-state index contributed by atoms with van der Waals surface area (Å²) < 4.78 is 11.5. The van der Waals surface area contributed by atoms with Gasteiger partial charge in [0.2, 0.25) is 5.91 Å². The number of hydrogen-bond donors (Lipinski definition) is 0. The van der Waals surface area contributed by atoms with Gasteiger partial charge in [-0.25, -0.2) is 0 Å². The first-order chi connectivity index (χ1) is 13.1. The molecule has 1 saturated heterocycles. The van der Waals surface area contributed by atoms with Crippen molar-refractivity contribution in [1.82, 2.24) is 4.90 Å². The molecule has 0 bridgehead atoms. The van der Waals surface area contributed by atoms with E-state index >= 15 is 0 Å². The standard InChI is InChI=1S/C22H20ClNO3/c1-15(13-20(25)24-9-11-26-12-10-24)21-18-14-17(23)7-8-19(18)27-22(21)16-5-3-2-4-6-16/h2-8,13-14H,9-12H2,1H3/b15-13+. The van der Waals surface area contributed by atoms with E-state index in [2.05, 4.69) is 0 Å². The molecule has 0 N–H and O–H groups in total. The quantitative estimate of drug-likeness (QED) is 0.598. The summed E-state index contributed by atoms with van der Waals surface area (Å²) in [5.41, 5.74) is 3.47. The molecule has 1 amide bonds. The highest BCUT2D eigenvalue weighted by molar-refractivity contribution is 6.31. The zero-order chi connectivity index (χ0) is 18.8. The fourth-order valence-corrected chi connectivity index (χ4v) is 3.56. The van der Waals surface area contributed by atoms with Gasteiger partial charge < -0.3 is 14.1 Å². The van der Waals surface area contributed by atoms with Crippen LogP contribution in [0.1, 0.15) is 12.5 Å². The summed E-state index contributed by atoms with van der Waals surface area (Å²) in [6.45, 7) is 4.34. The summed E-state index contributed by atoms with van der Waals surface area (Å²) in [5, 5.41) is 1.54. The number of halogens is 1. The predicted molar refractivity (Wildman–Crippen MR) is 108 cm³/mol. The molecule has 138 valence electrons. The number of furan rings is 1. The van der Waals surface area contributed by atoms with Crippen molar-refractivity contribution in [3.05, 3.63) is 65.2 Å². The van der Waals surface area contributed by atoms with Crippen LogP contribution in [0.2, 0.25) is 5.02 Å². The molecule has 4 nitrogen and oxygen atoms in total. The summed E-state index contributed by atoms with van der Waals surface area (Å²) in [5.74, 6) is 0.739. The van der Waals surface area contributed by atoms with Crippen molar-refractivity contribution in [3.8, 4) is 11.3 Å². The average Bonchev–Trinajstić information content (AvgIpc) is 3.08. The summed E-state index contributed by atoms with van der Waals surface area (Å²) in [4.78, 5) is 14.5. The molecular formula is C22H20ClNO3. The van der Waals surface area contributed by atoms with Gasteiger partial charge in [0.15, 0.2) is 0 Å². The van der Waals surface area contributed by atoms with Gasteiger partial charge in [-0.2, -0.15) is 0 Å². The van der Waals surface area contributed by atoms with Gasteiger partial charge in [-0.3, -0.25) is 4.79 Å². The molecule has 27 heavy (non-hydrogen) atoms. The fraction of sp³-hybridized carbons (Fsp3) is 0.227. The summed E-state index contributed by atoms with van der Waals surface area (Å²) in [7, 11) is 0. The minimum atomic E-state index is -0.00816. The van der Waals surface area contributed by atoms with Crippen LogP contribution < -0.4 is 0 Å². The van der Waals surface area contributed by atoms with Crippen LogP contribution in [-0.2, 0) is 9.53 Å². The minimum Gasteiger partial charge on any atom is -0.455 e. The molecular weight excluding hydrogens is 362 g/mol. The predicted octanol–water partition coefficient (Wildman–Crippen LogP) is 5.02. The Morgan fingerprint density at radius 1 is 1.11 bits per heavy atom. The van der Waals surface area contributed by atoms with E-state index in [4.69, 9.17) is 20.8 Å². The molecule has 0 radical (unpaired) electrons. The Morgan fingerprint density at radius 2 is 1.85 bits per heavy atom. The van der Waals surface area contributed by atoms with Crippen LogP contribution >= 0.6 is 11.6 Å². The van der Waals surface area contributed by atoms with Gasteiger partial charge in [0.1, 0.15) is 11.3 Å². The molecule has 4 rings (SSSR count). The summed E-state index contributed by atoms with van der Waals surface area (Å²) >= 11 is 6.23. The Labute approximate surface area is 163 Å². The molecule has 1 aromatic heterocycles. The molecule has 1 aliphatic heterocycles. The normalized spacial score (nSPS) is 15.3. The van der Waals surface area contributed by atoms with Crippen molar-refractivity contribution >= 4 is 34.1 Å². The van der Waals surface area contributed by atoms with E-state index in [1.165, 1.54) is 0 Å². The second-order valence-corrected chi connectivity index (χ2v) is 7.01. The van der Waals surface area contributed by atoms with Crippen LogP contribution in [0.15, 0.2) is 59.0 Å². The molecule has 0 unspecified atom stereocenters. The van der Waals surface area contributed by atoms with E-state index in [0.717, 1.165) is 33.4 Å². The zero-order valence-corrected chi connectivity index (χ0v) is 15.8. The number of hydrogen-bond acceptors (Lipinski definition) is 3. The van der Waals surface area contributed by atoms with E-state index < -0.39 is 0 Å². The number of carbonyl (C=O) groups excluding carboxylic acids is 1. The first kappa shape index (κ1) is 17.8. The van der Waals surface area contributed by atoms with Crippen molar-refractivity contribution in [2.45, 2.75) is 6.92 Å². The van der Waals surface area contributed by atoms with Crippen molar-refractivity contribution in [3.63, 3.8) is 0 Å². The van der Waals surface area contributed by atoms with Crippen LogP contribution in [0.4, 0.5) is 0 Å². The maximum absolute atomic E-state index is 12.7. The van der Waals surface area contributed by atoms with Gasteiger partial charge in [-0.15, -0.1) is 0 Å². The molecule has 0 atom stereocenters. The zero-order valence-electron chi connectivity index (χ0n) is 15.1. The largest absolute Gasteiger partial charge is 0.455 e. The molecule has 3 aromatic rings. The van der Waals surface area contributed by atoms with Crippen LogP contribution in [0.3, 0.4) is 0 Å². The van der Waals surface area contributed by atoms with Crippen LogP contribution in [0.5, 0.6) is 0 Å².